The highest BCUT2D eigenvalue weighted by Crippen LogP contribution is 2.33. The van der Waals surface area contributed by atoms with Gasteiger partial charge in [-0.05, 0) is 69.5 Å². The van der Waals surface area contributed by atoms with E-state index in [0.717, 1.165) is 30.3 Å². The SMILES string of the molecule is CC1CCC(N2CCC(CN)CC2)C(C)C1. The maximum absolute atomic E-state index is 5.75. The summed E-state index contributed by atoms with van der Waals surface area (Å²) in [6.07, 6.45) is 6.95. The highest BCUT2D eigenvalue weighted by Gasteiger charge is 2.31. The van der Waals surface area contributed by atoms with E-state index in [1.54, 1.807) is 0 Å². The first-order valence-electron chi connectivity index (χ1n) is 7.14. The van der Waals surface area contributed by atoms with Crippen LogP contribution in [0.1, 0.15) is 46.0 Å². The van der Waals surface area contributed by atoms with Crippen molar-refractivity contribution in [3.8, 4) is 0 Å². The van der Waals surface area contributed by atoms with E-state index >= 15 is 0 Å². The van der Waals surface area contributed by atoms with Crippen molar-refractivity contribution in [2.24, 2.45) is 23.5 Å². The summed E-state index contributed by atoms with van der Waals surface area (Å²) in [5.74, 6) is 2.65. The van der Waals surface area contributed by atoms with E-state index < -0.39 is 0 Å². The van der Waals surface area contributed by atoms with Gasteiger partial charge >= 0.3 is 0 Å². The second kappa shape index (κ2) is 5.50. The average molecular weight is 224 g/mol. The topological polar surface area (TPSA) is 29.3 Å². The highest BCUT2D eigenvalue weighted by atomic mass is 15.2. The van der Waals surface area contributed by atoms with Gasteiger partial charge in [0.1, 0.15) is 0 Å². The molecule has 3 unspecified atom stereocenters. The minimum absolute atomic E-state index is 0.800. The fraction of sp³-hybridized carbons (Fsp3) is 1.00. The normalized spacial score (nSPS) is 38.8. The molecule has 16 heavy (non-hydrogen) atoms. The Kier molecular flexibility index (Phi) is 4.26. The summed E-state index contributed by atoms with van der Waals surface area (Å²) in [5, 5.41) is 0. The third-order valence-corrected chi connectivity index (χ3v) is 4.84. The van der Waals surface area contributed by atoms with E-state index in [1.807, 2.05) is 0 Å². The summed E-state index contributed by atoms with van der Waals surface area (Å²) >= 11 is 0. The van der Waals surface area contributed by atoms with Gasteiger partial charge in [0.05, 0.1) is 0 Å². The molecule has 1 saturated carbocycles. The van der Waals surface area contributed by atoms with E-state index in [-0.39, 0.29) is 0 Å². The summed E-state index contributed by atoms with van der Waals surface area (Å²) in [5.41, 5.74) is 5.75. The Morgan fingerprint density at radius 3 is 2.31 bits per heavy atom. The Hall–Kier alpha value is -0.0800. The number of likely N-dealkylation sites (tertiary alicyclic amines) is 1. The van der Waals surface area contributed by atoms with Gasteiger partial charge in [0.15, 0.2) is 0 Å². The fourth-order valence-electron chi connectivity index (χ4n) is 3.71. The first-order valence-corrected chi connectivity index (χ1v) is 7.14. The lowest BCUT2D eigenvalue weighted by atomic mass is 9.78. The summed E-state index contributed by atoms with van der Waals surface area (Å²) in [6.45, 7) is 8.35. The third kappa shape index (κ3) is 2.78. The lowest BCUT2D eigenvalue weighted by Gasteiger charge is -2.43. The standard InChI is InChI=1S/C14H28N2/c1-11-3-4-14(12(2)9-11)16-7-5-13(10-15)6-8-16/h11-14H,3-10,15H2,1-2H3. The molecule has 0 radical (unpaired) electrons. The zero-order valence-corrected chi connectivity index (χ0v) is 11.0. The van der Waals surface area contributed by atoms with Crippen LogP contribution in [0.4, 0.5) is 0 Å². The first-order chi connectivity index (χ1) is 7.70. The van der Waals surface area contributed by atoms with Crippen molar-refractivity contribution in [3.63, 3.8) is 0 Å². The van der Waals surface area contributed by atoms with Crippen LogP contribution in [0.2, 0.25) is 0 Å². The molecule has 2 N–H and O–H groups in total. The predicted molar refractivity (Wildman–Crippen MR) is 69.3 cm³/mol. The molecule has 0 aromatic carbocycles. The number of nitrogens with two attached hydrogens (primary N) is 1. The van der Waals surface area contributed by atoms with Gasteiger partial charge in [-0.3, -0.25) is 0 Å². The van der Waals surface area contributed by atoms with E-state index in [0.29, 0.717) is 0 Å². The lowest BCUT2D eigenvalue weighted by molar-refractivity contribution is 0.0630. The molecule has 2 nitrogen and oxygen atoms in total. The number of nitrogens with zero attached hydrogens (tertiary/aromatic N) is 1. The summed E-state index contributed by atoms with van der Waals surface area (Å²) in [6, 6.07) is 0.870. The van der Waals surface area contributed by atoms with E-state index in [9.17, 15) is 0 Å². The molecule has 0 amide bonds. The van der Waals surface area contributed by atoms with Crippen LogP contribution >= 0.6 is 0 Å². The van der Waals surface area contributed by atoms with Crippen molar-refractivity contribution in [1.82, 2.24) is 4.90 Å². The maximum Gasteiger partial charge on any atom is 0.0121 e. The average Bonchev–Trinajstić information content (AvgIpc) is 2.29. The maximum atomic E-state index is 5.75. The van der Waals surface area contributed by atoms with Crippen LogP contribution in [0, 0.1) is 17.8 Å². The Bertz CT molecular complexity index is 209. The van der Waals surface area contributed by atoms with E-state index in [2.05, 4.69) is 18.7 Å². The van der Waals surface area contributed by atoms with Gasteiger partial charge < -0.3 is 10.6 Å². The van der Waals surface area contributed by atoms with Crippen LogP contribution in [0.15, 0.2) is 0 Å². The second-order valence-corrected chi connectivity index (χ2v) is 6.18. The Balaban J connectivity index is 1.84. The quantitative estimate of drug-likeness (QED) is 0.781. The van der Waals surface area contributed by atoms with Crippen LogP contribution in [-0.4, -0.2) is 30.6 Å². The zero-order chi connectivity index (χ0) is 11.5. The monoisotopic (exact) mass is 224 g/mol. The Morgan fingerprint density at radius 2 is 1.75 bits per heavy atom. The van der Waals surface area contributed by atoms with E-state index in [1.165, 1.54) is 45.2 Å². The smallest absolute Gasteiger partial charge is 0.0121 e. The summed E-state index contributed by atoms with van der Waals surface area (Å²) in [7, 11) is 0. The molecule has 94 valence electrons. The van der Waals surface area contributed by atoms with Crippen LogP contribution < -0.4 is 5.73 Å². The molecule has 1 aliphatic carbocycles. The molecule has 2 rings (SSSR count). The highest BCUT2D eigenvalue weighted by molar-refractivity contribution is 4.86. The van der Waals surface area contributed by atoms with Crippen LogP contribution in [-0.2, 0) is 0 Å². The largest absolute Gasteiger partial charge is 0.330 e. The third-order valence-electron chi connectivity index (χ3n) is 4.84. The van der Waals surface area contributed by atoms with Crippen molar-refractivity contribution in [2.45, 2.75) is 52.0 Å². The molecule has 0 aromatic heterocycles. The fourth-order valence-corrected chi connectivity index (χ4v) is 3.71. The zero-order valence-electron chi connectivity index (χ0n) is 11.0. The molecule has 0 aromatic rings. The molecule has 2 fully saturated rings. The molecule has 2 aliphatic rings. The van der Waals surface area contributed by atoms with Gasteiger partial charge in [0.25, 0.3) is 0 Å². The van der Waals surface area contributed by atoms with Gasteiger partial charge in [-0.2, -0.15) is 0 Å². The first kappa shape index (κ1) is 12.4. The number of rotatable bonds is 2. The van der Waals surface area contributed by atoms with Crippen molar-refractivity contribution >= 4 is 0 Å². The summed E-state index contributed by atoms with van der Waals surface area (Å²) in [4.78, 5) is 2.75. The number of piperidine rings is 1. The van der Waals surface area contributed by atoms with Gasteiger partial charge in [0.2, 0.25) is 0 Å². The van der Waals surface area contributed by atoms with Crippen molar-refractivity contribution in [2.75, 3.05) is 19.6 Å². The van der Waals surface area contributed by atoms with Gasteiger partial charge in [0, 0.05) is 6.04 Å². The molecular formula is C14H28N2. The lowest BCUT2D eigenvalue weighted by Crippen LogP contribution is -2.47. The molecule has 1 aliphatic heterocycles. The molecule has 3 atom stereocenters. The molecule has 0 bridgehead atoms. The van der Waals surface area contributed by atoms with Gasteiger partial charge in [-0.15, -0.1) is 0 Å². The minimum Gasteiger partial charge on any atom is -0.330 e. The molecule has 0 spiro atoms. The van der Waals surface area contributed by atoms with Crippen molar-refractivity contribution < 1.29 is 0 Å². The Morgan fingerprint density at radius 1 is 1.06 bits per heavy atom. The number of hydrogen-bond donors (Lipinski definition) is 1. The van der Waals surface area contributed by atoms with Crippen molar-refractivity contribution in [1.29, 1.82) is 0 Å². The molecule has 2 heteroatoms. The molecule has 1 heterocycles. The predicted octanol–water partition coefficient (Wildman–Crippen LogP) is 2.48. The molecular weight excluding hydrogens is 196 g/mol. The van der Waals surface area contributed by atoms with Crippen LogP contribution in [0.25, 0.3) is 0 Å². The van der Waals surface area contributed by atoms with E-state index in [4.69, 9.17) is 5.73 Å². The summed E-state index contributed by atoms with van der Waals surface area (Å²) < 4.78 is 0. The Labute approximate surface area is 101 Å². The molecule has 1 saturated heterocycles. The number of hydrogen-bond acceptors (Lipinski definition) is 2. The minimum atomic E-state index is 0.800. The van der Waals surface area contributed by atoms with Crippen LogP contribution in [0.3, 0.4) is 0 Å². The van der Waals surface area contributed by atoms with Crippen molar-refractivity contribution in [3.05, 3.63) is 0 Å². The second-order valence-electron chi connectivity index (χ2n) is 6.18. The van der Waals surface area contributed by atoms with Gasteiger partial charge in [-0.25, -0.2) is 0 Å². The van der Waals surface area contributed by atoms with Crippen LogP contribution in [0.5, 0.6) is 0 Å². The van der Waals surface area contributed by atoms with Gasteiger partial charge in [-0.1, -0.05) is 13.8 Å².